The van der Waals surface area contributed by atoms with E-state index in [1.165, 1.54) is 6.07 Å². The molecule has 0 unspecified atom stereocenters. The summed E-state index contributed by atoms with van der Waals surface area (Å²) in [6.45, 7) is 1.69. The lowest BCUT2D eigenvalue weighted by Crippen LogP contribution is -2.12. The molecule has 0 aliphatic heterocycles. The molecule has 9 nitrogen and oxygen atoms in total. The van der Waals surface area contributed by atoms with E-state index in [1.54, 1.807) is 12.1 Å². The SMILES string of the molecule is Cc1ccc2c(COc3ccc(S(N)(=O)=O)cc3[N+](=O)[O-])cc(=O)oc2c1. The second kappa shape index (κ2) is 6.82. The molecule has 0 aliphatic rings. The number of benzene rings is 2. The fourth-order valence-corrected chi connectivity index (χ4v) is 3.08. The Labute approximate surface area is 153 Å². The average molecular weight is 390 g/mol. The van der Waals surface area contributed by atoms with Crippen molar-refractivity contribution in [2.45, 2.75) is 18.4 Å². The van der Waals surface area contributed by atoms with Gasteiger partial charge in [0.05, 0.1) is 9.82 Å². The molecule has 0 radical (unpaired) electrons. The molecule has 2 N–H and O–H groups in total. The van der Waals surface area contributed by atoms with Crippen molar-refractivity contribution in [2.24, 2.45) is 5.14 Å². The molecule has 2 aromatic carbocycles. The number of primary sulfonamides is 1. The Morgan fingerprint density at radius 2 is 1.93 bits per heavy atom. The van der Waals surface area contributed by atoms with Crippen molar-refractivity contribution in [1.82, 2.24) is 0 Å². The van der Waals surface area contributed by atoms with Crippen molar-refractivity contribution < 1.29 is 22.5 Å². The van der Waals surface area contributed by atoms with Gasteiger partial charge in [-0.25, -0.2) is 18.4 Å². The van der Waals surface area contributed by atoms with Crippen molar-refractivity contribution in [3.05, 3.63) is 74.1 Å². The zero-order valence-corrected chi connectivity index (χ0v) is 14.9. The van der Waals surface area contributed by atoms with Crippen LogP contribution in [-0.2, 0) is 16.6 Å². The molecule has 140 valence electrons. The number of ether oxygens (including phenoxy) is 1. The Morgan fingerprint density at radius 1 is 1.19 bits per heavy atom. The normalized spacial score (nSPS) is 11.5. The van der Waals surface area contributed by atoms with Crippen molar-refractivity contribution in [2.75, 3.05) is 0 Å². The van der Waals surface area contributed by atoms with E-state index in [4.69, 9.17) is 14.3 Å². The number of nitro benzene ring substituents is 1. The number of hydrogen-bond acceptors (Lipinski definition) is 7. The number of rotatable bonds is 5. The molecule has 0 bridgehead atoms. The minimum Gasteiger partial charge on any atom is -0.482 e. The second-order valence-electron chi connectivity index (χ2n) is 5.81. The van der Waals surface area contributed by atoms with E-state index >= 15 is 0 Å². The number of nitro groups is 1. The summed E-state index contributed by atoms with van der Waals surface area (Å²) < 4.78 is 33.4. The van der Waals surface area contributed by atoms with Gasteiger partial charge in [-0.05, 0) is 30.7 Å². The zero-order chi connectivity index (χ0) is 19.8. The molecule has 0 saturated carbocycles. The lowest BCUT2D eigenvalue weighted by atomic mass is 10.1. The topological polar surface area (TPSA) is 143 Å². The van der Waals surface area contributed by atoms with Crippen LogP contribution in [0.25, 0.3) is 11.0 Å². The molecule has 1 heterocycles. The smallest absolute Gasteiger partial charge is 0.336 e. The van der Waals surface area contributed by atoms with Gasteiger partial charge >= 0.3 is 11.3 Å². The van der Waals surface area contributed by atoms with Crippen LogP contribution < -0.4 is 15.5 Å². The van der Waals surface area contributed by atoms with E-state index in [1.807, 2.05) is 13.0 Å². The van der Waals surface area contributed by atoms with Crippen molar-refractivity contribution in [3.63, 3.8) is 0 Å². The number of fused-ring (bicyclic) bond motifs is 1. The Bertz CT molecular complexity index is 1220. The fraction of sp³-hybridized carbons (Fsp3) is 0.118. The van der Waals surface area contributed by atoms with Crippen LogP contribution >= 0.6 is 0 Å². The van der Waals surface area contributed by atoms with E-state index in [9.17, 15) is 23.3 Å². The maximum atomic E-state index is 11.7. The van der Waals surface area contributed by atoms with Gasteiger partial charge in [-0.1, -0.05) is 12.1 Å². The molecule has 10 heteroatoms. The van der Waals surface area contributed by atoms with Crippen LogP contribution in [0.1, 0.15) is 11.1 Å². The predicted octanol–water partition coefficient (Wildman–Crippen LogP) is 2.24. The Morgan fingerprint density at radius 3 is 2.59 bits per heavy atom. The third-order valence-electron chi connectivity index (χ3n) is 3.82. The highest BCUT2D eigenvalue weighted by Crippen LogP contribution is 2.30. The fourth-order valence-electron chi connectivity index (χ4n) is 2.55. The first kappa shape index (κ1) is 18.5. The summed E-state index contributed by atoms with van der Waals surface area (Å²) in [5, 5.41) is 16.9. The van der Waals surface area contributed by atoms with Crippen LogP contribution in [0, 0.1) is 17.0 Å². The largest absolute Gasteiger partial charge is 0.482 e. The lowest BCUT2D eigenvalue weighted by molar-refractivity contribution is -0.386. The summed E-state index contributed by atoms with van der Waals surface area (Å²) in [5.41, 5.74) is 0.625. The lowest BCUT2D eigenvalue weighted by Gasteiger charge is -2.10. The van der Waals surface area contributed by atoms with Crippen LogP contribution in [0.4, 0.5) is 5.69 Å². The van der Waals surface area contributed by atoms with Gasteiger partial charge < -0.3 is 9.15 Å². The first-order chi connectivity index (χ1) is 12.6. The summed E-state index contributed by atoms with van der Waals surface area (Å²) >= 11 is 0. The number of nitrogens with zero attached hydrogens (tertiary/aromatic N) is 1. The molecular formula is C17H14N2O7S. The van der Waals surface area contributed by atoms with Gasteiger partial charge in [0.1, 0.15) is 12.2 Å². The van der Waals surface area contributed by atoms with Gasteiger partial charge in [0.25, 0.3) is 0 Å². The number of nitrogens with two attached hydrogens (primary N) is 1. The summed E-state index contributed by atoms with van der Waals surface area (Å²) in [4.78, 5) is 21.8. The van der Waals surface area contributed by atoms with Crippen LogP contribution in [0.5, 0.6) is 5.75 Å². The Balaban J connectivity index is 1.99. The zero-order valence-electron chi connectivity index (χ0n) is 14.0. The van der Waals surface area contributed by atoms with Crippen molar-refractivity contribution >= 4 is 26.7 Å². The van der Waals surface area contributed by atoms with E-state index in [0.29, 0.717) is 16.5 Å². The third kappa shape index (κ3) is 3.96. The van der Waals surface area contributed by atoms with Crippen LogP contribution in [-0.4, -0.2) is 13.3 Å². The standard InChI is InChI=1S/C17H14N2O7S/c1-10-2-4-13-11(7-17(20)26-16(13)6-10)9-25-15-5-3-12(27(18,23)24)8-14(15)19(21)22/h2-8H,9H2,1H3,(H2,18,23,24). The number of aryl methyl sites for hydroxylation is 1. The van der Waals surface area contributed by atoms with E-state index in [2.05, 4.69) is 0 Å². The molecule has 0 spiro atoms. The second-order valence-corrected chi connectivity index (χ2v) is 7.37. The first-order valence-electron chi connectivity index (χ1n) is 7.62. The molecule has 0 amide bonds. The quantitative estimate of drug-likeness (QED) is 0.400. The highest BCUT2D eigenvalue weighted by molar-refractivity contribution is 7.89. The molecular weight excluding hydrogens is 376 g/mol. The van der Waals surface area contributed by atoms with Crippen LogP contribution in [0.2, 0.25) is 0 Å². The highest BCUT2D eigenvalue weighted by Gasteiger charge is 2.20. The van der Waals surface area contributed by atoms with Gasteiger partial charge in [-0.2, -0.15) is 0 Å². The predicted molar refractivity (Wildman–Crippen MR) is 96.0 cm³/mol. The van der Waals surface area contributed by atoms with Gasteiger partial charge in [0.2, 0.25) is 10.0 Å². The molecule has 0 fully saturated rings. The molecule has 0 saturated heterocycles. The van der Waals surface area contributed by atoms with Crippen LogP contribution in [0.3, 0.4) is 0 Å². The molecule has 3 aromatic rings. The van der Waals surface area contributed by atoms with Crippen molar-refractivity contribution in [1.29, 1.82) is 0 Å². The van der Waals surface area contributed by atoms with Gasteiger partial charge in [-0.3, -0.25) is 10.1 Å². The van der Waals surface area contributed by atoms with E-state index < -0.39 is 31.2 Å². The number of hydrogen-bond donors (Lipinski definition) is 1. The van der Waals surface area contributed by atoms with Crippen LogP contribution in [0.15, 0.2) is 56.6 Å². The Kier molecular flexibility index (Phi) is 4.68. The number of sulfonamides is 1. The Hall–Kier alpha value is -3.24. The molecule has 0 atom stereocenters. The van der Waals surface area contributed by atoms with Gasteiger partial charge in [0.15, 0.2) is 5.75 Å². The molecule has 0 aliphatic carbocycles. The molecule has 1 aromatic heterocycles. The summed E-state index contributed by atoms with van der Waals surface area (Å²) in [6, 6.07) is 9.60. The van der Waals surface area contributed by atoms with E-state index in [0.717, 1.165) is 23.8 Å². The summed E-state index contributed by atoms with van der Waals surface area (Å²) in [5.74, 6) is -0.152. The maximum absolute atomic E-state index is 11.7. The average Bonchev–Trinajstić information content (AvgIpc) is 2.58. The minimum absolute atomic E-state index is 0.152. The monoisotopic (exact) mass is 390 g/mol. The maximum Gasteiger partial charge on any atom is 0.336 e. The first-order valence-corrected chi connectivity index (χ1v) is 9.17. The van der Waals surface area contributed by atoms with E-state index in [-0.39, 0.29) is 12.4 Å². The molecule has 3 rings (SSSR count). The van der Waals surface area contributed by atoms with Gasteiger partial charge in [0, 0.05) is 23.1 Å². The highest BCUT2D eigenvalue weighted by atomic mass is 32.2. The summed E-state index contributed by atoms with van der Waals surface area (Å²) in [7, 11) is -4.09. The minimum atomic E-state index is -4.09. The third-order valence-corrected chi connectivity index (χ3v) is 4.74. The molecule has 27 heavy (non-hydrogen) atoms. The van der Waals surface area contributed by atoms with Crippen molar-refractivity contribution in [3.8, 4) is 5.75 Å². The van der Waals surface area contributed by atoms with Gasteiger partial charge in [-0.15, -0.1) is 0 Å². The summed E-state index contributed by atoms with van der Waals surface area (Å²) in [6.07, 6.45) is 0.